The highest BCUT2D eigenvalue weighted by Crippen LogP contribution is 2.22. The first-order valence-corrected chi connectivity index (χ1v) is 5.43. The van der Waals surface area contributed by atoms with Crippen LogP contribution in [0.2, 0.25) is 0 Å². The summed E-state index contributed by atoms with van der Waals surface area (Å²) in [5.41, 5.74) is 7.41. The Morgan fingerprint density at radius 1 is 1.47 bits per heavy atom. The van der Waals surface area contributed by atoms with Crippen molar-refractivity contribution in [3.05, 3.63) is 35.4 Å². The van der Waals surface area contributed by atoms with Crippen LogP contribution in [0, 0.1) is 0 Å². The lowest BCUT2D eigenvalue weighted by atomic mass is 10.0. The van der Waals surface area contributed by atoms with Crippen molar-refractivity contribution in [2.75, 3.05) is 13.4 Å². The summed E-state index contributed by atoms with van der Waals surface area (Å²) in [7, 11) is 0. The molecule has 3 N–H and O–H groups in total. The highest BCUT2D eigenvalue weighted by molar-refractivity contribution is 5.73. The maximum atomic E-state index is 10.6. The van der Waals surface area contributed by atoms with Crippen molar-refractivity contribution in [3.63, 3.8) is 0 Å². The first kappa shape index (κ1) is 12.0. The molecular formula is C12H15NO4. The van der Waals surface area contributed by atoms with Gasteiger partial charge in [0, 0.05) is 0 Å². The zero-order valence-electron chi connectivity index (χ0n) is 9.33. The van der Waals surface area contributed by atoms with Gasteiger partial charge in [-0.05, 0) is 17.5 Å². The average Bonchev–Trinajstić information content (AvgIpc) is 2.83. The molecule has 0 aromatic heterocycles. The Balaban J connectivity index is 2.00. The Morgan fingerprint density at radius 3 is 2.71 bits per heavy atom. The van der Waals surface area contributed by atoms with Crippen molar-refractivity contribution in [3.8, 4) is 0 Å². The van der Waals surface area contributed by atoms with Gasteiger partial charge in [-0.3, -0.25) is 4.79 Å². The van der Waals surface area contributed by atoms with E-state index < -0.39 is 12.0 Å². The lowest BCUT2D eigenvalue weighted by molar-refractivity contribution is -0.138. The predicted octanol–water partition coefficient (Wildman–Crippen LogP) is 0.686. The van der Waals surface area contributed by atoms with E-state index >= 15 is 0 Å². The quantitative estimate of drug-likeness (QED) is 0.805. The number of benzene rings is 1. The molecule has 0 aliphatic carbocycles. The minimum atomic E-state index is -0.985. The van der Waals surface area contributed by atoms with E-state index in [-0.39, 0.29) is 6.10 Å². The molecule has 2 unspecified atom stereocenters. The van der Waals surface area contributed by atoms with Crippen LogP contribution in [0.1, 0.15) is 17.2 Å². The molecule has 1 heterocycles. The average molecular weight is 237 g/mol. The van der Waals surface area contributed by atoms with Crippen LogP contribution in [-0.4, -0.2) is 30.5 Å². The summed E-state index contributed by atoms with van der Waals surface area (Å²) >= 11 is 0. The highest BCUT2D eigenvalue weighted by atomic mass is 16.7. The van der Waals surface area contributed by atoms with E-state index in [1.165, 1.54) is 0 Å². The van der Waals surface area contributed by atoms with Gasteiger partial charge in [0.1, 0.15) is 18.9 Å². The van der Waals surface area contributed by atoms with Crippen LogP contribution in [0.25, 0.3) is 0 Å². The van der Waals surface area contributed by atoms with Crippen LogP contribution < -0.4 is 5.73 Å². The van der Waals surface area contributed by atoms with Crippen LogP contribution in [0.3, 0.4) is 0 Å². The second-order valence-corrected chi connectivity index (χ2v) is 4.03. The molecular weight excluding hydrogens is 222 g/mol. The van der Waals surface area contributed by atoms with Crippen molar-refractivity contribution in [1.82, 2.24) is 0 Å². The lowest BCUT2D eigenvalue weighted by Crippen LogP contribution is -2.32. The van der Waals surface area contributed by atoms with Gasteiger partial charge in [0.05, 0.1) is 6.61 Å². The standard InChI is InChI=1S/C12H15NO4/c13-10(12(14)15)5-8-1-3-9(4-2-8)11-6-16-7-17-11/h1-4,10-11H,5-7,13H2,(H,14,15). The Labute approximate surface area is 99.1 Å². The molecule has 1 aromatic rings. The van der Waals surface area contributed by atoms with E-state index in [2.05, 4.69) is 0 Å². The molecule has 1 aromatic carbocycles. The summed E-state index contributed by atoms with van der Waals surface area (Å²) in [5.74, 6) is -0.985. The van der Waals surface area contributed by atoms with E-state index in [0.29, 0.717) is 19.8 Å². The van der Waals surface area contributed by atoms with E-state index in [4.69, 9.17) is 20.3 Å². The third-order valence-electron chi connectivity index (χ3n) is 2.75. The monoisotopic (exact) mass is 237 g/mol. The van der Waals surface area contributed by atoms with Crippen molar-refractivity contribution in [2.45, 2.75) is 18.6 Å². The normalized spacial score (nSPS) is 21.4. The van der Waals surface area contributed by atoms with Gasteiger partial charge in [0.2, 0.25) is 0 Å². The summed E-state index contributed by atoms with van der Waals surface area (Å²) < 4.78 is 10.5. The predicted molar refractivity (Wildman–Crippen MR) is 60.4 cm³/mol. The first-order chi connectivity index (χ1) is 8.16. The van der Waals surface area contributed by atoms with Crippen LogP contribution in [-0.2, 0) is 20.7 Å². The molecule has 0 amide bonds. The topological polar surface area (TPSA) is 81.8 Å². The van der Waals surface area contributed by atoms with Gasteiger partial charge in [-0.15, -0.1) is 0 Å². The van der Waals surface area contributed by atoms with Crippen LogP contribution >= 0.6 is 0 Å². The number of nitrogens with two attached hydrogens (primary N) is 1. The molecule has 92 valence electrons. The van der Waals surface area contributed by atoms with Gasteiger partial charge in [-0.25, -0.2) is 0 Å². The second-order valence-electron chi connectivity index (χ2n) is 4.03. The zero-order chi connectivity index (χ0) is 12.3. The summed E-state index contributed by atoms with van der Waals surface area (Å²) in [6, 6.07) is 6.73. The maximum Gasteiger partial charge on any atom is 0.320 e. The minimum Gasteiger partial charge on any atom is -0.480 e. The molecule has 0 spiro atoms. The molecule has 0 saturated carbocycles. The molecule has 5 heteroatoms. The summed E-state index contributed by atoms with van der Waals surface area (Å²) in [4.78, 5) is 10.6. The molecule has 1 fully saturated rings. The Morgan fingerprint density at radius 2 is 2.18 bits per heavy atom. The fourth-order valence-corrected chi connectivity index (χ4v) is 1.74. The number of rotatable bonds is 4. The Kier molecular flexibility index (Phi) is 3.73. The van der Waals surface area contributed by atoms with Gasteiger partial charge < -0.3 is 20.3 Å². The van der Waals surface area contributed by atoms with Crippen molar-refractivity contribution < 1.29 is 19.4 Å². The molecule has 2 atom stereocenters. The van der Waals surface area contributed by atoms with Crippen molar-refractivity contribution >= 4 is 5.97 Å². The number of ether oxygens (including phenoxy) is 2. The third kappa shape index (κ3) is 3.03. The Bertz CT molecular complexity index is 384. The number of hydrogen-bond donors (Lipinski definition) is 2. The fourth-order valence-electron chi connectivity index (χ4n) is 1.74. The molecule has 2 rings (SSSR count). The molecule has 0 radical (unpaired) electrons. The van der Waals surface area contributed by atoms with Crippen molar-refractivity contribution in [1.29, 1.82) is 0 Å². The Hall–Kier alpha value is -1.43. The number of hydrogen-bond acceptors (Lipinski definition) is 4. The maximum absolute atomic E-state index is 10.6. The number of aliphatic carboxylic acids is 1. The van der Waals surface area contributed by atoms with Crippen LogP contribution in [0.15, 0.2) is 24.3 Å². The third-order valence-corrected chi connectivity index (χ3v) is 2.75. The molecule has 1 aliphatic rings. The number of carboxylic acids is 1. The first-order valence-electron chi connectivity index (χ1n) is 5.43. The van der Waals surface area contributed by atoms with Gasteiger partial charge in [-0.1, -0.05) is 24.3 Å². The van der Waals surface area contributed by atoms with Crippen LogP contribution in [0.4, 0.5) is 0 Å². The number of carbonyl (C=O) groups is 1. The molecule has 0 bridgehead atoms. The summed E-state index contributed by atoms with van der Waals surface area (Å²) in [6.45, 7) is 0.893. The lowest BCUT2D eigenvalue weighted by Gasteiger charge is -2.10. The largest absolute Gasteiger partial charge is 0.480 e. The van der Waals surface area contributed by atoms with Gasteiger partial charge in [-0.2, -0.15) is 0 Å². The van der Waals surface area contributed by atoms with Crippen molar-refractivity contribution in [2.24, 2.45) is 5.73 Å². The molecule has 1 saturated heterocycles. The van der Waals surface area contributed by atoms with E-state index in [1.807, 2.05) is 24.3 Å². The van der Waals surface area contributed by atoms with Gasteiger partial charge in [0.15, 0.2) is 0 Å². The van der Waals surface area contributed by atoms with E-state index in [0.717, 1.165) is 11.1 Å². The second kappa shape index (κ2) is 5.27. The summed E-state index contributed by atoms with van der Waals surface area (Å²) in [5, 5.41) is 8.71. The fraction of sp³-hybridized carbons (Fsp3) is 0.417. The minimum absolute atomic E-state index is 0.0165. The highest BCUT2D eigenvalue weighted by Gasteiger charge is 2.18. The van der Waals surface area contributed by atoms with E-state index in [9.17, 15) is 4.79 Å². The van der Waals surface area contributed by atoms with Gasteiger partial charge in [0.25, 0.3) is 0 Å². The van der Waals surface area contributed by atoms with Gasteiger partial charge >= 0.3 is 5.97 Å². The smallest absolute Gasteiger partial charge is 0.320 e. The van der Waals surface area contributed by atoms with Crippen LogP contribution in [0.5, 0.6) is 0 Å². The summed E-state index contributed by atoms with van der Waals surface area (Å²) in [6.07, 6.45) is 0.315. The molecule has 5 nitrogen and oxygen atoms in total. The number of carboxylic acid groups (broad SMARTS) is 1. The molecule has 1 aliphatic heterocycles. The zero-order valence-corrected chi connectivity index (χ0v) is 9.33. The molecule has 17 heavy (non-hydrogen) atoms. The van der Waals surface area contributed by atoms with E-state index in [1.54, 1.807) is 0 Å². The SMILES string of the molecule is NC(Cc1ccc(C2COCO2)cc1)C(=O)O.